The Morgan fingerprint density at radius 1 is 1.03 bits per heavy atom. The van der Waals surface area contributed by atoms with E-state index in [2.05, 4.69) is 27.7 Å². The van der Waals surface area contributed by atoms with Crippen molar-refractivity contribution in [2.45, 2.75) is 126 Å². The summed E-state index contributed by atoms with van der Waals surface area (Å²) in [6.45, 7) is 15.1. The highest BCUT2D eigenvalue weighted by Crippen LogP contribution is 2.77. The van der Waals surface area contributed by atoms with Crippen LogP contribution in [0, 0.1) is 16.7 Å². The first-order valence-electron chi connectivity index (χ1n) is 12.8. The van der Waals surface area contributed by atoms with Gasteiger partial charge in [-0.1, -0.05) is 20.8 Å². The van der Waals surface area contributed by atoms with E-state index in [9.17, 15) is 10.2 Å². The minimum atomic E-state index is -1.41. The Morgan fingerprint density at radius 2 is 1.71 bits per heavy atom. The molecule has 194 valence electrons. The molecule has 2 N–H and O–H groups in total. The van der Waals surface area contributed by atoms with E-state index in [0.717, 1.165) is 12.8 Å². The SMILES string of the molecule is COCO[C@@H]1C[C@]2(C)[C@@H](OC(C)(C)C)CC[C@@]3(CO3)[C@@H]2[C@H]2O[C@]23[C@@H](O)[C@@H]2O[C@]2(C)[C@@]1(O)C3(C)C. The molecule has 0 aromatic carbocycles. The van der Waals surface area contributed by atoms with Gasteiger partial charge in [0.25, 0.3) is 0 Å². The predicted octanol–water partition coefficient (Wildman–Crippen LogP) is 2.18. The molecule has 3 saturated carbocycles. The van der Waals surface area contributed by atoms with Crippen LogP contribution in [0.3, 0.4) is 0 Å². The molecule has 2 spiro atoms. The number of aliphatic hydroxyl groups excluding tert-OH is 1. The molecule has 3 saturated heterocycles. The molecule has 3 aliphatic carbocycles. The molecule has 6 fully saturated rings. The third-order valence-corrected chi connectivity index (χ3v) is 10.6. The van der Waals surface area contributed by atoms with E-state index in [4.69, 9.17) is 28.4 Å². The molecule has 0 unspecified atom stereocenters. The van der Waals surface area contributed by atoms with E-state index >= 15 is 0 Å². The quantitative estimate of drug-likeness (QED) is 0.464. The number of aliphatic hydroxyl groups is 2. The highest BCUT2D eigenvalue weighted by Gasteiger charge is 2.93. The zero-order chi connectivity index (χ0) is 24.7. The number of fused-ring (bicyclic) bond motifs is 6. The molecular formula is C26H42O8. The fourth-order valence-electron chi connectivity index (χ4n) is 8.83. The smallest absolute Gasteiger partial charge is 0.146 e. The molecule has 0 amide bonds. The van der Waals surface area contributed by atoms with Gasteiger partial charge in [-0.25, -0.2) is 0 Å². The van der Waals surface area contributed by atoms with Crippen molar-refractivity contribution in [3.63, 3.8) is 0 Å². The second-order valence-electron chi connectivity index (χ2n) is 13.7. The third-order valence-electron chi connectivity index (χ3n) is 10.6. The first-order chi connectivity index (χ1) is 15.6. The number of rotatable bonds is 4. The number of ether oxygens (including phenoxy) is 6. The van der Waals surface area contributed by atoms with Gasteiger partial charge in [0.05, 0.1) is 36.1 Å². The van der Waals surface area contributed by atoms with Crippen molar-refractivity contribution in [1.29, 1.82) is 0 Å². The fourth-order valence-corrected chi connectivity index (χ4v) is 8.83. The Kier molecular flexibility index (Phi) is 4.64. The van der Waals surface area contributed by atoms with Gasteiger partial charge in [0, 0.05) is 23.9 Å². The molecule has 8 heteroatoms. The van der Waals surface area contributed by atoms with E-state index in [1.165, 1.54) is 0 Å². The van der Waals surface area contributed by atoms with Crippen LogP contribution in [0.2, 0.25) is 0 Å². The molecule has 3 aliphatic heterocycles. The van der Waals surface area contributed by atoms with Crippen LogP contribution in [0.1, 0.15) is 67.7 Å². The van der Waals surface area contributed by atoms with Crippen LogP contribution in [-0.4, -0.2) is 89.2 Å². The number of hydrogen-bond acceptors (Lipinski definition) is 8. The first-order valence-corrected chi connectivity index (χ1v) is 12.8. The molecule has 34 heavy (non-hydrogen) atoms. The molecule has 8 nitrogen and oxygen atoms in total. The maximum Gasteiger partial charge on any atom is 0.146 e. The summed E-state index contributed by atoms with van der Waals surface area (Å²) in [7, 11) is 1.59. The lowest BCUT2D eigenvalue weighted by molar-refractivity contribution is -0.275. The molecule has 3 heterocycles. The van der Waals surface area contributed by atoms with Gasteiger partial charge in [0.15, 0.2) is 0 Å². The standard InChI is InChI=1S/C26H42O8/c1-20(2,3)32-14-9-10-24(12-31-24)16-18-25(34-18)17(27)19-23(7,33-19)26(28,21(25,4)5)15(30-13-29-8)11-22(14,16)6/h14-19,27-28H,9-13H2,1-8H3/t14-,15+,16+,17-,18+,19-,22+,23-,24+,25+,26-/m0/s1. The van der Waals surface area contributed by atoms with Crippen LogP contribution in [0.5, 0.6) is 0 Å². The van der Waals surface area contributed by atoms with Gasteiger partial charge in [-0.3, -0.25) is 0 Å². The van der Waals surface area contributed by atoms with Crippen molar-refractivity contribution in [3.8, 4) is 0 Å². The number of epoxide rings is 3. The highest BCUT2D eigenvalue weighted by atomic mass is 16.7. The molecule has 0 radical (unpaired) electrons. The summed E-state index contributed by atoms with van der Waals surface area (Å²) in [6.07, 6.45) is 0.00364. The third kappa shape index (κ3) is 2.57. The lowest BCUT2D eigenvalue weighted by Gasteiger charge is -2.61. The van der Waals surface area contributed by atoms with Gasteiger partial charge in [0.2, 0.25) is 0 Å². The second kappa shape index (κ2) is 6.57. The van der Waals surface area contributed by atoms with Crippen LogP contribution < -0.4 is 0 Å². The van der Waals surface area contributed by atoms with Crippen LogP contribution in [0.15, 0.2) is 0 Å². The maximum atomic E-state index is 12.7. The van der Waals surface area contributed by atoms with Crippen molar-refractivity contribution >= 4 is 0 Å². The van der Waals surface area contributed by atoms with E-state index < -0.39 is 45.9 Å². The molecule has 2 bridgehead atoms. The molecule has 6 aliphatic rings. The average molecular weight is 483 g/mol. The summed E-state index contributed by atoms with van der Waals surface area (Å²) in [5, 5.41) is 24.3. The molecule has 0 aromatic heterocycles. The van der Waals surface area contributed by atoms with E-state index in [0.29, 0.717) is 13.0 Å². The lowest BCUT2D eigenvalue weighted by Crippen LogP contribution is -2.77. The largest absolute Gasteiger partial charge is 0.387 e. The molecule has 6 rings (SSSR count). The predicted molar refractivity (Wildman–Crippen MR) is 121 cm³/mol. The number of hydrogen-bond donors (Lipinski definition) is 2. The van der Waals surface area contributed by atoms with Crippen LogP contribution in [0.4, 0.5) is 0 Å². The van der Waals surface area contributed by atoms with E-state index in [1.807, 2.05) is 20.8 Å². The second-order valence-corrected chi connectivity index (χ2v) is 13.7. The number of methoxy groups -OCH3 is 1. The van der Waals surface area contributed by atoms with Crippen molar-refractivity contribution in [2.24, 2.45) is 16.7 Å². The first kappa shape index (κ1) is 24.0. The molecule has 11 atom stereocenters. The fraction of sp³-hybridized carbons (Fsp3) is 1.00. The Hall–Kier alpha value is -0.320. The van der Waals surface area contributed by atoms with Gasteiger partial charge >= 0.3 is 0 Å². The van der Waals surface area contributed by atoms with Gasteiger partial charge in [-0.2, -0.15) is 0 Å². The van der Waals surface area contributed by atoms with Crippen LogP contribution in [0.25, 0.3) is 0 Å². The average Bonchev–Trinajstić information content (AvgIpc) is 3.63. The zero-order valence-corrected chi connectivity index (χ0v) is 21.8. The van der Waals surface area contributed by atoms with Crippen molar-refractivity contribution in [1.82, 2.24) is 0 Å². The molecule has 0 aromatic rings. The minimum absolute atomic E-state index is 0.00340. The van der Waals surface area contributed by atoms with Crippen LogP contribution in [-0.2, 0) is 28.4 Å². The normalized spacial score (nSPS) is 58.8. The highest BCUT2D eigenvalue weighted by molar-refractivity contribution is 5.41. The van der Waals surface area contributed by atoms with Gasteiger partial charge in [-0.15, -0.1) is 0 Å². The zero-order valence-electron chi connectivity index (χ0n) is 21.8. The minimum Gasteiger partial charge on any atom is -0.387 e. The Morgan fingerprint density at radius 3 is 2.29 bits per heavy atom. The topological polar surface area (TPSA) is 106 Å². The lowest BCUT2D eigenvalue weighted by atomic mass is 9.44. The maximum absolute atomic E-state index is 12.7. The summed E-state index contributed by atoms with van der Waals surface area (Å²) in [4.78, 5) is 0. The summed E-state index contributed by atoms with van der Waals surface area (Å²) < 4.78 is 37.4. The monoisotopic (exact) mass is 482 g/mol. The van der Waals surface area contributed by atoms with Crippen molar-refractivity contribution in [3.05, 3.63) is 0 Å². The van der Waals surface area contributed by atoms with Gasteiger partial charge < -0.3 is 38.6 Å². The summed E-state index contributed by atoms with van der Waals surface area (Å²) >= 11 is 0. The Labute approximate surface area is 202 Å². The summed E-state index contributed by atoms with van der Waals surface area (Å²) in [6, 6.07) is 0. The Balaban J connectivity index is 1.53. The summed E-state index contributed by atoms with van der Waals surface area (Å²) in [5.74, 6) is -0.00340. The van der Waals surface area contributed by atoms with Gasteiger partial charge in [-0.05, 0) is 47.0 Å². The van der Waals surface area contributed by atoms with Gasteiger partial charge in [0.1, 0.15) is 35.8 Å². The van der Waals surface area contributed by atoms with E-state index in [-0.39, 0.29) is 36.1 Å². The van der Waals surface area contributed by atoms with Crippen molar-refractivity contribution < 1.29 is 38.6 Å². The van der Waals surface area contributed by atoms with Crippen molar-refractivity contribution in [2.75, 3.05) is 20.5 Å². The molecular weight excluding hydrogens is 440 g/mol. The van der Waals surface area contributed by atoms with E-state index in [1.54, 1.807) is 7.11 Å². The Bertz CT molecular complexity index is 881. The summed E-state index contributed by atoms with van der Waals surface area (Å²) in [5.41, 5.74) is -5.19. The van der Waals surface area contributed by atoms with Crippen LogP contribution >= 0.6 is 0 Å².